The number of halogens is 3. The summed E-state index contributed by atoms with van der Waals surface area (Å²) in [6.07, 6.45) is -4.36. The number of aromatic amines is 1. The fourth-order valence-electron chi connectivity index (χ4n) is 1.51. The van der Waals surface area contributed by atoms with E-state index in [0.29, 0.717) is 17.0 Å². The Morgan fingerprint density at radius 2 is 1.76 bits per heavy atom. The normalized spacial score (nSPS) is 11.8. The molecule has 0 amide bonds. The topological polar surface area (TPSA) is 46.0 Å². The van der Waals surface area contributed by atoms with Gasteiger partial charge >= 0.3 is 11.9 Å². The molecule has 1 aromatic carbocycles. The minimum absolute atomic E-state index is 0.342. The molecule has 0 saturated heterocycles. The second-order valence-corrected chi connectivity index (χ2v) is 3.52. The number of oxazole rings is 1. The van der Waals surface area contributed by atoms with Crippen LogP contribution in [0.5, 0.6) is 0 Å². The van der Waals surface area contributed by atoms with Crippen LogP contribution < -0.4 is 5.76 Å². The van der Waals surface area contributed by atoms with E-state index in [2.05, 4.69) is 4.98 Å². The second kappa shape index (κ2) is 3.80. The quantitative estimate of drug-likeness (QED) is 0.836. The van der Waals surface area contributed by atoms with Gasteiger partial charge in [0.2, 0.25) is 0 Å². The van der Waals surface area contributed by atoms with Crippen molar-refractivity contribution in [2.24, 2.45) is 0 Å². The summed E-state index contributed by atoms with van der Waals surface area (Å²) in [7, 11) is 0. The van der Waals surface area contributed by atoms with Gasteiger partial charge in [0.1, 0.15) is 5.76 Å². The summed E-state index contributed by atoms with van der Waals surface area (Å²) in [5, 5.41) is 0. The molecule has 0 aliphatic heterocycles. The highest BCUT2D eigenvalue weighted by molar-refractivity contribution is 5.61. The minimum atomic E-state index is -4.36. The highest BCUT2D eigenvalue weighted by atomic mass is 19.4. The fraction of sp³-hybridized carbons (Fsp3) is 0.182. The Kier molecular flexibility index (Phi) is 2.57. The van der Waals surface area contributed by atoms with E-state index in [1.165, 1.54) is 12.1 Å². The summed E-state index contributed by atoms with van der Waals surface area (Å²) in [4.78, 5) is 13.3. The summed E-state index contributed by atoms with van der Waals surface area (Å²) in [6, 6.07) is 4.49. The van der Waals surface area contributed by atoms with Crippen molar-refractivity contribution in [1.82, 2.24) is 4.98 Å². The Morgan fingerprint density at radius 3 is 2.18 bits per heavy atom. The van der Waals surface area contributed by atoms with Crippen molar-refractivity contribution < 1.29 is 17.6 Å². The van der Waals surface area contributed by atoms with Gasteiger partial charge in [-0.25, -0.2) is 4.79 Å². The van der Waals surface area contributed by atoms with Gasteiger partial charge in [-0.2, -0.15) is 13.2 Å². The Bertz CT molecular complexity index is 578. The van der Waals surface area contributed by atoms with Crippen LogP contribution in [-0.4, -0.2) is 4.98 Å². The van der Waals surface area contributed by atoms with Crippen LogP contribution in [0, 0.1) is 6.92 Å². The van der Waals surface area contributed by atoms with E-state index in [9.17, 15) is 18.0 Å². The van der Waals surface area contributed by atoms with Crippen LogP contribution >= 0.6 is 0 Å². The molecule has 0 fully saturated rings. The third-order valence-corrected chi connectivity index (χ3v) is 2.33. The van der Waals surface area contributed by atoms with E-state index >= 15 is 0 Å². The second-order valence-electron chi connectivity index (χ2n) is 3.52. The summed E-state index contributed by atoms with van der Waals surface area (Å²) < 4.78 is 41.7. The number of rotatable bonds is 1. The zero-order valence-electron chi connectivity index (χ0n) is 8.76. The van der Waals surface area contributed by atoms with Crippen molar-refractivity contribution in [2.45, 2.75) is 13.1 Å². The average molecular weight is 243 g/mol. The highest BCUT2D eigenvalue weighted by Crippen LogP contribution is 2.30. The van der Waals surface area contributed by atoms with E-state index in [-0.39, 0.29) is 0 Å². The molecule has 6 heteroatoms. The van der Waals surface area contributed by atoms with Crippen molar-refractivity contribution in [1.29, 1.82) is 0 Å². The molecule has 17 heavy (non-hydrogen) atoms. The summed E-state index contributed by atoms with van der Waals surface area (Å²) in [5.41, 5.74) is 0.134. The van der Waals surface area contributed by atoms with Gasteiger partial charge in [0.05, 0.1) is 11.3 Å². The number of benzene rings is 1. The Labute approximate surface area is 93.9 Å². The van der Waals surface area contributed by atoms with Gasteiger partial charge in [-0.05, 0) is 19.1 Å². The van der Waals surface area contributed by atoms with Gasteiger partial charge in [0.25, 0.3) is 0 Å². The lowest BCUT2D eigenvalue weighted by molar-refractivity contribution is -0.137. The molecule has 0 saturated carbocycles. The van der Waals surface area contributed by atoms with E-state index in [4.69, 9.17) is 4.42 Å². The molecule has 0 aliphatic carbocycles. The van der Waals surface area contributed by atoms with Gasteiger partial charge in [-0.1, -0.05) is 12.1 Å². The Hall–Kier alpha value is -1.98. The molecule has 0 radical (unpaired) electrons. The Balaban J connectivity index is 2.43. The maximum absolute atomic E-state index is 12.3. The van der Waals surface area contributed by atoms with E-state index < -0.39 is 17.5 Å². The first kappa shape index (κ1) is 11.5. The van der Waals surface area contributed by atoms with Crippen LogP contribution in [0.1, 0.15) is 11.3 Å². The number of hydrogen-bond acceptors (Lipinski definition) is 2. The smallest absolute Gasteiger partial charge is 0.413 e. The molecular formula is C11H8F3NO2. The zero-order chi connectivity index (χ0) is 12.6. The third-order valence-electron chi connectivity index (χ3n) is 2.33. The van der Waals surface area contributed by atoms with Crippen LogP contribution in [0.25, 0.3) is 11.3 Å². The standard InChI is InChI=1S/C11H8F3NO2/c1-6-9(15-10(16)17-6)7-2-4-8(5-3-7)11(12,13)14/h2-5H,1H3,(H,15,16). The van der Waals surface area contributed by atoms with Gasteiger partial charge in [-0.3, -0.25) is 4.98 Å². The molecule has 90 valence electrons. The van der Waals surface area contributed by atoms with Crippen molar-refractivity contribution in [3.8, 4) is 11.3 Å². The largest absolute Gasteiger partial charge is 0.416 e. The monoisotopic (exact) mass is 243 g/mol. The summed E-state index contributed by atoms with van der Waals surface area (Å²) in [5.74, 6) is -0.285. The molecular weight excluding hydrogens is 235 g/mol. The van der Waals surface area contributed by atoms with E-state index in [1.807, 2.05) is 0 Å². The molecule has 0 aliphatic rings. The lowest BCUT2D eigenvalue weighted by Crippen LogP contribution is -2.04. The molecule has 0 bridgehead atoms. The Morgan fingerprint density at radius 1 is 1.18 bits per heavy atom. The van der Waals surface area contributed by atoms with E-state index in [0.717, 1.165) is 12.1 Å². The maximum Gasteiger partial charge on any atom is 0.416 e. The molecule has 1 aromatic heterocycles. The molecule has 0 atom stereocenters. The van der Waals surface area contributed by atoms with Crippen molar-refractivity contribution >= 4 is 0 Å². The molecule has 0 unspecified atom stereocenters. The molecule has 3 nitrogen and oxygen atoms in total. The third kappa shape index (κ3) is 2.25. The SMILES string of the molecule is Cc1oc(=O)[nH]c1-c1ccc(C(F)(F)F)cc1. The van der Waals surface area contributed by atoms with Crippen LogP contribution in [0.2, 0.25) is 0 Å². The van der Waals surface area contributed by atoms with Crippen LogP contribution in [0.15, 0.2) is 33.5 Å². The van der Waals surface area contributed by atoms with Crippen LogP contribution in [-0.2, 0) is 6.18 Å². The number of hydrogen-bond donors (Lipinski definition) is 1. The number of alkyl halides is 3. The zero-order valence-corrected chi connectivity index (χ0v) is 8.76. The van der Waals surface area contributed by atoms with Gasteiger partial charge < -0.3 is 4.42 Å². The van der Waals surface area contributed by atoms with Gasteiger partial charge in [-0.15, -0.1) is 0 Å². The minimum Gasteiger partial charge on any atom is -0.413 e. The predicted molar refractivity (Wildman–Crippen MR) is 54.5 cm³/mol. The first-order valence-electron chi connectivity index (χ1n) is 4.75. The van der Waals surface area contributed by atoms with Crippen molar-refractivity contribution in [3.05, 3.63) is 46.1 Å². The highest BCUT2D eigenvalue weighted by Gasteiger charge is 2.30. The van der Waals surface area contributed by atoms with Crippen molar-refractivity contribution in [3.63, 3.8) is 0 Å². The molecule has 2 rings (SSSR count). The van der Waals surface area contributed by atoms with Gasteiger partial charge in [0.15, 0.2) is 0 Å². The van der Waals surface area contributed by atoms with Gasteiger partial charge in [0, 0.05) is 5.56 Å². The van der Waals surface area contributed by atoms with Crippen molar-refractivity contribution in [2.75, 3.05) is 0 Å². The number of H-pyrrole nitrogens is 1. The van der Waals surface area contributed by atoms with Crippen LogP contribution in [0.3, 0.4) is 0 Å². The van der Waals surface area contributed by atoms with Crippen LogP contribution in [0.4, 0.5) is 13.2 Å². The van der Waals surface area contributed by atoms with E-state index in [1.54, 1.807) is 6.92 Å². The summed E-state index contributed by atoms with van der Waals surface area (Å²) >= 11 is 0. The first-order chi connectivity index (χ1) is 7.88. The number of aryl methyl sites for hydroxylation is 1. The molecule has 1 N–H and O–H groups in total. The lowest BCUT2D eigenvalue weighted by Gasteiger charge is -2.06. The maximum atomic E-state index is 12.3. The average Bonchev–Trinajstić information content (AvgIpc) is 2.57. The molecule has 0 spiro atoms. The predicted octanol–water partition coefficient (Wildman–Crippen LogP) is 2.96. The molecule has 1 heterocycles. The number of aromatic nitrogens is 1. The number of nitrogens with one attached hydrogen (secondary N) is 1. The molecule has 2 aromatic rings. The lowest BCUT2D eigenvalue weighted by atomic mass is 10.1. The fourth-order valence-corrected chi connectivity index (χ4v) is 1.51. The summed E-state index contributed by atoms with van der Waals surface area (Å²) in [6.45, 7) is 1.56. The first-order valence-corrected chi connectivity index (χ1v) is 4.75.